The Labute approximate surface area is 123 Å². The van der Waals surface area contributed by atoms with Crippen molar-refractivity contribution in [1.82, 2.24) is 0 Å². The zero-order valence-corrected chi connectivity index (χ0v) is 12.4. The minimum Gasteiger partial charge on any atom is -0.378 e. The lowest BCUT2D eigenvalue weighted by Gasteiger charge is -2.19. The number of anilines is 1. The van der Waals surface area contributed by atoms with Crippen LogP contribution < -0.4 is 16.4 Å². The molecule has 1 fully saturated rings. The van der Waals surface area contributed by atoms with Crippen molar-refractivity contribution in [3.63, 3.8) is 0 Å². The molecule has 0 saturated carbocycles. The fourth-order valence-corrected chi connectivity index (χ4v) is 2.74. The van der Waals surface area contributed by atoms with Crippen molar-refractivity contribution in [2.45, 2.75) is 26.3 Å². The zero-order valence-electron chi connectivity index (χ0n) is 11.6. The van der Waals surface area contributed by atoms with Crippen molar-refractivity contribution >= 4 is 34.2 Å². The van der Waals surface area contributed by atoms with Crippen LogP contribution in [0.2, 0.25) is 0 Å². The second-order valence-electron chi connectivity index (χ2n) is 4.55. The normalized spacial score (nSPS) is 16.0. The molecule has 1 heterocycles. The van der Waals surface area contributed by atoms with Gasteiger partial charge in [-0.1, -0.05) is 18.7 Å². The molecule has 1 aliphatic heterocycles. The van der Waals surface area contributed by atoms with E-state index in [1.807, 2.05) is 25.1 Å². The van der Waals surface area contributed by atoms with E-state index in [1.165, 1.54) is 11.8 Å². The molecular weight excluding hydrogens is 272 g/mol. The first-order valence-corrected chi connectivity index (χ1v) is 7.74. The highest BCUT2D eigenvalue weighted by atomic mass is 32.2. The quantitative estimate of drug-likeness (QED) is 0.656. The van der Waals surface area contributed by atoms with Gasteiger partial charge in [0.15, 0.2) is 5.17 Å². The smallest absolute Gasteiger partial charge is 0.227 e. The number of thioether (sulfide) groups is 1. The highest BCUT2D eigenvalue weighted by Crippen LogP contribution is 2.29. The number of carbonyl (C=O) groups is 1. The fourth-order valence-electron chi connectivity index (χ4n) is 2.28. The maximum Gasteiger partial charge on any atom is 0.227 e. The number of aliphatic imine (C=N–C) groups is 1. The summed E-state index contributed by atoms with van der Waals surface area (Å²) < 4.78 is 0. The number of benzene rings is 1. The molecular formula is C14H20N4OS. The van der Waals surface area contributed by atoms with E-state index in [4.69, 9.17) is 11.5 Å². The third-order valence-corrected chi connectivity index (χ3v) is 3.85. The van der Waals surface area contributed by atoms with Crippen LogP contribution in [0.4, 0.5) is 11.4 Å². The van der Waals surface area contributed by atoms with Crippen LogP contribution >= 0.6 is 11.8 Å². The Morgan fingerprint density at radius 1 is 1.50 bits per heavy atom. The number of rotatable bonds is 4. The van der Waals surface area contributed by atoms with Crippen LogP contribution in [0.3, 0.4) is 0 Å². The monoisotopic (exact) mass is 292 g/mol. The van der Waals surface area contributed by atoms with Crippen molar-refractivity contribution in [2.75, 3.05) is 17.2 Å². The van der Waals surface area contributed by atoms with E-state index >= 15 is 0 Å². The minimum absolute atomic E-state index is 0.164. The number of hydrogen-bond acceptors (Lipinski definition) is 4. The van der Waals surface area contributed by atoms with Gasteiger partial charge in [-0.25, -0.2) is 4.99 Å². The summed E-state index contributed by atoms with van der Waals surface area (Å²) in [6.07, 6.45) is 1.52. The van der Waals surface area contributed by atoms with Crippen LogP contribution in [0, 0.1) is 0 Å². The summed E-state index contributed by atoms with van der Waals surface area (Å²) in [6.45, 7) is 3.17. The summed E-state index contributed by atoms with van der Waals surface area (Å²) in [5.41, 5.74) is 14.2. The first kappa shape index (κ1) is 14.9. The van der Waals surface area contributed by atoms with Gasteiger partial charge in [0.05, 0.1) is 5.69 Å². The fraction of sp³-hybridized carbons (Fsp3) is 0.429. The molecule has 0 atom stereocenters. The van der Waals surface area contributed by atoms with Crippen molar-refractivity contribution in [2.24, 2.45) is 16.5 Å². The van der Waals surface area contributed by atoms with Crippen molar-refractivity contribution in [1.29, 1.82) is 0 Å². The predicted molar refractivity (Wildman–Crippen MR) is 85.3 cm³/mol. The number of nitrogens with zero attached hydrogens (tertiary/aromatic N) is 2. The first-order valence-electron chi connectivity index (χ1n) is 6.76. The predicted octanol–water partition coefficient (Wildman–Crippen LogP) is 1.97. The highest BCUT2D eigenvalue weighted by Gasteiger charge is 2.23. The molecule has 4 N–H and O–H groups in total. The van der Waals surface area contributed by atoms with Gasteiger partial charge < -0.3 is 16.4 Å². The molecule has 0 aromatic heterocycles. The summed E-state index contributed by atoms with van der Waals surface area (Å²) in [5.74, 6) is 1.05. The zero-order chi connectivity index (χ0) is 14.5. The lowest BCUT2D eigenvalue weighted by Crippen LogP contribution is -2.25. The van der Waals surface area contributed by atoms with E-state index in [9.17, 15) is 4.79 Å². The average molecular weight is 292 g/mol. The van der Waals surface area contributed by atoms with Gasteiger partial charge in [-0.3, -0.25) is 4.79 Å². The molecule has 20 heavy (non-hydrogen) atoms. The molecule has 2 rings (SSSR count). The van der Waals surface area contributed by atoms with E-state index in [2.05, 4.69) is 4.99 Å². The van der Waals surface area contributed by atoms with E-state index in [1.54, 1.807) is 4.90 Å². The van der Waals surface area contributed by atoms with Gasteiger partial charge >= 0.3 is 0 Å². The van der Waals surface area contributed by atoms with E-state index < -0.39 is 0 Å². The molecule has 1 aromatic carbocycles. The third-order valence-electron chi connectivity index (χ3n) is 3.18. The Morgan fingerprint density at radius 2 is 2.30 bits per heavy atom. The molecule has 0 radical (unpaired) electrons. The largest absolute Gasteiger partial charge is 0.378 e. The molecule has 6 heteroatoms. The molecule has 0 aliphatic carbocycles. The van der Waals surface area contributed by atoms with Crippen molar-refractivity contribution in [3.8, 4) is 0 Å². The Balaban J connectivity index is 2.28. The second-order valence-corrected chi connectivity index (χ2v) is 5.83. The maximum atomic E-state index is 11.8. The molecule has 0 unspecified atom stereocenters. The molecule has 0 spiro atoms. The number of nitrogens with two attached hydrogens (primary N) is 2. The maximum absolute atomic E-state index is 11.8. The lowest BCUT2D eigenvalue weighted by atomic mass is 10.1. The van der Waals surface area contributed by atoms with Crippen LogP contribution in [0.1, 0.15) is 25.3 Å². The summed E-state index contributed by atoms with van der Waals surface area (Å²) >= 11 is 1.50. The molecule has 1 amide bonds. The van der Waals surface area contributed by atoms with E-state index in [-0.39, 0.29) is 5.91 Å². The summed E-state index contributed by atoms with van der Waals surface area (Å²) in [4.78, 5) is 18.0. The standard InChI is InChI=1S/C14H20N4OS/c1-2-20-14(16)17-11-5-6-12(10(8-11)9-15)18-7-3-4-13(18)19/h5-6,8H,2-4,7,9,15H2,1H3,(H2,16,17). The SMILES string of the molecule is CCSC(N)=Nc1ccc(N2CCCC2=O)c(CN)c1. The average Bonchev–Trinajstić information content (AvgIpc) is 2.85. The summed E-state index contributed by atoms with van der Waals surface area (Å²) in [7, 11) is 0. The number of carbonyl (C=O) groups excluding carboxylic acids is 1. The Hall–Kier alpha value is -1.53. The highest BCUT2D eigenvalue weighted by molar-refractivity contribution is 8.13. The van der Waals surface area contributed by atoms with Crippen molar-refractivity contribution in [3.05, 3.63) is 23.8 Å². The van der Waals surface area contributed by atoms with Crippen LogP contribution in [-0.4, -0.2) is 23.4 Å². The first-order chi connectivity index (χ1) is 9.65. The van der Waals surface area contributed by atoms with E-state index in [0.717, 1.165) is 35.7 Å². The van der Waals surface area contributed by atoms with Gasteiger partial charge in [-0.15, -0.1) is 0 Å². The number of amides is 1. The van der Waals surface area contributed by atoms with Gasteiger partial charge in [0.1, 0.15) is 0 Å². The van der Waals surface area contributed by atoms with Crippen LogP contribution in [0.25, 0.3) is 0 Å². The van der Waals surface area contributed by atoms with Gasteiger partial charge in [0.25, 0.3) is 0 Å². The molecule has 5 nitrogen and oxygen atoms in total. The van der Waals surface area contributed by atoms with E-state index in [0.29, 0.717) is 18.1 Å². The van der Waals surface area contributed by atoms with Crippen LogP contribution in [-0.2, 0) is 11.3 Å². The summed E-state index contributed by atoms with van der Waals surface area (Å²) in [5, 5.41) is 0.542. The van der Waals surface area contributed by atoms with Crippen LogP contribution in [0.5, 0.6) is 0 Å². The van der Waals surface area contributed by atoms with Gasteiger partial charge in [0.2, 0.25) is 5.91 Å². The van der Waals surface area contributed by atoms with Gasteiger partial charge in [-0.2, -0.15) is 0 Å². The molecule has 1 aliphatic rings. The third kappa shape index (κ3) is 3.32. The Morgan fingerprint density at radius 3 is 2.90 bits per heavy atom. The van der Waals surface area contributed by atoms with Crippen molar-refractivity contribution < 1.29 is 4.79 Å². The molecule has 0 bridgehead atoms. The van der Waals surface area contributed by atoms with Crippen LogP contribution in [0.15, 0.2) is 23.2 Å². The molecule has 1 saturated heterocycles. The molecule has 108 valence electrons. The second kappa shape index (κ2) is 6.76. The van der Waals surface area contributed by atoms with Gasteiger partial charge in [-0.05, 0) is 35.9 Å². The topological polar surface area (TPSA) is 84.7 Å². The number of hydrogen-bond donors (Lipinski definition) is 2. The lowest BCUT2D eigenvalue weighted by molar-refractivity contribution is -0.117. The molecule has 1 aromatic rings. The summed E-state index contributed by atoms with van der Waals surface area (Å²) in [6, 6.07) is 5.70. The minimum atomic E-state index is 0.164. The number of amidine groups is 1. The Bertz CT molecular complexity index is 530. The van der Waals surface area contributed by atoms with Gasteiger partial charge in [0, 0.05) is 25.2 Å². The Kier molecular flexibility index (Phi) is 5.03.